The molecule has 0 aliphatic carbocycles. The van der Waals surface area contributed by atoms with E-state index in [1.54, 1.807) is 38.2 Å². The fourth-order valence-corrected chi connectivity index (χ4v) is 9.40. The van der Waals surface area contributed by atoms with Crippen LogP contribution in [0, 0.1) is 23.2 Å². The number of aromatic amines is 2. The number of nitrogens with one attached hydrogen (secondary N) is 11. The first-order valence-electron chi connectivity index (χ1n) is 29.2. The number of para-hydroxylation sites is 1. The summed E-state index contributed by atoms with van der Waals surface area (Å²) < 4.78 is 0.387. The van der Waals surface area contributed by atoms with Crippen molar-refractivity contribution in [3.05, 3.63) is 83.6 Å². The Balaban J connectivity index is 1.38. The minimum Gasteiger partial charge on any atom is -0.370 e. The average Bonchev–Trinajstić information content (AvgIpc) is 3.58. The van der Waals surface area contributed by atoms with Gasteiger partial charge in [0.1, 0.15) is 53.6 Å². The van der Waals surface area contributed by atoms with Crippen molar-refractivity contribution in [2.24, 2.45) is 23.3 Å². The maximum atomic E-state index is 14.3. The lowest BCUT2D eigenvalue weighted by atomic mass is 10.0. The van der Waals surface area contributed by atoms with E-state index in [4.69, 9.17) is 11.5 Å². The van der Waals surface area contributed by atoms with Gasteiger partial charge in [-0.2, -0.15) is 5.26 Å². The second-order valence-electron chi connectivity index (χ2n) is 23.2. The van der Waals surface area contributed by atoms with E-state index >= 15 is 0 Å². The Morgan fingerprint density at radius 2 is 1.32 bits per heavy atom. The molecule has 27 heteroatoms. The number of hydrogen-bond donors (Lipinski definition) is 13. The summed E-state index contributed by atoms with van der Waals surface area (Å²) in [5, 5.41) is 34.5. The molecule has 0 saturated carbocycles. The maximum Gasteiger partial charge on any atom is 0.251 e. The second-order valence-corrected chi connectivity index (χ2v) is 23.2. The van der Waals surface area contributed by atoms with Crippen molar-refractivity contribution in [1.82, 2.24) is 67.3 Å². The lowest BCUT2D eigenvalue weighted by Gasteiger charge is -2.26. The highest BCUT2D eigenvalue weighted by Gasteiger charge is 2.33. The van der Waals surface area contributed by atoms with Gasteiger partial charge < -0.3 is 69.3 Å². The highest BCUT2D eigenvalue weighted by Crippen LogP contribution is 2.24. The van der Waals surface area contributed by atoms with Gasteiger partial charge in [-0.3, -0.25) is 57.2 Å². The van der Waals surface area contributed by atoms with Gasteiger partial charge in [-0.15, -0.1) is 0 Å². The molecule has 0 bridgehead atoms. The minimum absolute atomic E-state index is 0.0156. The number of carbonyl (C=O) groups excluding carboxylic acids is 11. The number of carbonyl (C=O) groups is 11. The molecule has 0 aliphatic heterocycles. The number of benzene rings is 2. The van der Waals surface area contributed by atoms with E-state index in [1.165, 1.54) is 25.5 Å². The van der Waals surface area contributed by atoms with Gasteiger partial charge in [0, 0.05) is 85.3 Å². The Labute approximate surface area is 506 Å². The number of fused-ring (bicyclic) bond motifs is 1. The van der Waals surface area contributed by atoms with Gasteiger partial charge in [0.05, 0.1) is 34.0 Å². The Bertz CT molecular complexity index is 3090. The summed E-state index contributed by atoms with van der Waals surface area (Å²) in [6.45, 7) is 9.86. The van der Waals surface area contributed by atoms with Crippen LogP contribution in [-0.4, -0.2) is 156 Å². The molecule has 4 rings (SSSR count). The van der Waals surface area contributed by atoms with Gasteiger partial charge in [-0.1, -0.05) is 52.8 Å². The first-order valence-corrected chi connectivity index (χ1v) is 29.2. The smallest absolute Gasteiger partial charge is 0.251 e. The normalized spacial score (nSPS) is 13.7. The molecule has 0 radical (unpaired) electrons. The van der Waals surface area contributed by atoms with E-state index < -0.39 is 120 Å². The van der Waals surface area contributed by atoms with Crippen molar-refractivity contribution in [2.45, 2.75) is 154 Å². The zero-order valence-electron chi connectivity index (χ0n) is 51.1. The second kappa shape index (κ2) is 34.1. The van der Waals surface area contributed by atoms with E-state index in [9.17, 15) is 58.0 Å². The van der Waals surface area contributed by atoms with Crippen molar-refractivity contribution in [1.29, 1.82) is 5.26 Å². The first-order chi connectivity index (χ1) is 41.1. The maximum absolute atomic E-state index is 14.3. The fraction of sp³-hybridized carbons (Fsp3) is 0.517. The van der Waals surface area contributed by atoms with Gasteiger partial charge in [-0.25, -0.2) is 4.98 Å². The minimum atomic E-state index is -1.37. The van der Waals surface area contributed by atoms with Crippen molar-refractivity contribution in [2.75, 3.05) is 34.2 Å². The van der Waals surface area contributed by atoms with Crippen molar-refractivity contribution in [3.63, 3.8) is 0 Å². The summed E-state index contributed by atoms with van der Waals surface area (Å²) in [4.78, 5) is 156. The summed E-state index contributed by atoms with van der Waals surface area (Å²) >= 11 is 0. The highest BCUT2D eigenvalue weighted by molar-refractivity contribution is 5.98. The molecule has 4 aromatic rings. The number of imidazole rings is 1. The van der Waals surface area contributed by atoms with Crippen molar-refractivity contribution < 1.29 is 52.7 Å². The number of rotatable bonds is 36. The van der Waals surface area contributed by atoms with Crippen molar-refractivity contribution in [3.8, 4) is 6.07 Å². The van der Waals surface area contributed by atoms with Crippen LogP contribution in [0.2, 0.25) is 0 Å². The third-order valence-electron chi connectivity index (χ3n) is 14.3. The largest absolute Gasteiger partial charge is 0.370 e. The Hall–Kier alpha value is -9.19. The molecular weight excluding hydrogens is 1120 g/mol. The number of hydrogen-bond acceptors (Lipinski definition) is 13. The van der Waals surface area contributed by atoms with Crippen LogP contribution in [0.5, 0.6) is 0 Å². The van der Waals surface area contributed by atoms with Crippen LogP contribution in [0.1, 0.15) is 127 Å². The summed E-state index contributed by atoms with van der Waals surface area (Å²) in [6.07, 6.45) is 5.51. The summed E-state index contributed by atoms with van der Waals surface area (Å²) in [6, 6.07) is 6.54. The molecule has 0 unspecified atom stereocenters. The molecule has 0 aliphatic rings. The van der Waals surface area contributed by atoms with E-state index in [-0.39, 0.29) is 57.4 Å². The lowest BCUT2D eigenvalue weighted by Crippen LogP contribution is -2.59. The van der Waals surface area contributed by atoms with E-state index in [2.05, 4.69) is 68.9 Å². The molecule has 27 nitrogen and oxygen atoms in total. The number of nitrogens with zero attached hydrogens (tertiary/aromatic N) is 3. The monoisotopic (exact) mass is 1210 g/mol. The Morgan fingerprint density at radius 3 is 1.95 bits per heavy atom. The predicted octanol–water partition coefficient (Wildman–Crippen LogP) is 0.518. The quantitative estimate of drug-likeness (QED) is 0.0219. The number of nitrogens with two attached hydrogens (primary N) is 2. The lowest BCUT2D eigenvalue weighted by molar-refractivity contribution is -0.135. The van der Waals surface area contributed by atoms with Crippen LogP contribution >= 0.6 is 0 Å². The third kappa shape index (κ3) is 23.3. The fourth-order valence-electron chi connectivity index (χ4n) is 9.40. The third-order valence-corrected chi connectivity index (χ3v) is 14.3. The van der Waals surface area contributed by atoms with Crippen LogP contribution in [-0.2, 0) is 60.8 Å². The molecular formula is C60H87N16O11+. The molecule has 87 heavy (non-hydrogen) atoms. The zero-order chi connectivity index (χ0) is 64.5. The number of H-pyrrole nitrogens is 2. The molecule has 472 valence electrons. The number of nitriles is 1. The number of quaternary nitrogens is 1. The number of aromatic nitrogens is 3. The zero-order valence-corrected chi connectivity index (χ0v) is 51.1. The average molecular weight is 1210 g/mol. The van der Waals surface area contributed by atoms with Gasteiger partial charge in [0.15, 0.2) is 0 Å². The standard InChI is InChI=1S/C60H86N16O11/c1-10-40(19-23-51(79)72-45(54(63)81)25-34(2)3)70-59(86)47(28-41-31-64-33-68-41)73-52(80)32-67-60(87)53(35(4)5)75-55(82)36(6)69-58(85)46(27-39-30-66-43-16-12-11-15-42(39)43)74-57(84)44(20-22-49(62)77)71-50(78)17-13-14-24-65-56(83)37-18-21-48(76(7,8)9)38(26-37)29-61/h11-12,15-16,18,21,26,30-31,33-36,40,44-47,53,66H,10,13-14,17,19-20,22-25,27-28,32H2,1-9H3,(H13-,62,63,64,65,67,68,69,70,71,72,73,74,75,77,78,79,80,81,82,83,84,85,86,87)/p+1/t36-,40-,44-,45-,46-,47-,53-/m0/s1. The molecule has 0 fully saturated rings. The van der Waals surface area contributed by atoms with E-state index in [1.807, 2.05) is 60.1 Å². The molecule has 2 heterocycles. The van der Waals surface area contributed by atoms with Crippen LogP contribution in [0.25, 0.3) is 10.9 Å². The summed E-state index contributed by atoms with van der Waals surface area (Å²) in [5.41, 5.74) is 14.2. The Morgan fingerprint density at radius 1 is 0.667 bits per heavy atom. The van der Waals surface area contributed by atoms with Crippen molar-refractivity contribution >= 4 is 81.6 Å². The summed E-state index contributed by atoms with van der Waals surface area (Å²) in [7, 11) is 5.73. The van der Waals surface area contributed by atoms with Crippen LogP contribution in [0.4, 0.5) is 5.69 Å². The Kier molecular flexibility index (Phi) is 27.5. The van der Waals surface area contributed by atoms with Gasteiger partial charge in [0.25, 0.3) is 5.91 Å². The molecule has 11 amide bonds. The highest BCUT2D eigenvalue weighted by atomic mass is 16.2. The number of primary amides is 2. The van der Waals surface area contributed by atoms with Gasteiger partial charge >= 0.3 is 0 Å². The van der Waals surface area contributed by atoms with Crippen LogP contribution in [0.3, 0.4) is 0 Å². The molecule has 2 aromatic carbocycles. The number of amides is 11. The SMILES string of the molecule is CC[C@@H](CCC(=O)N[C@@H](CC(C)C)C(N)=O)NC(=O)[C@H](Cc1cnc[nH]1)NC(=O)CNC(=O)[C@@H](NC(=O)[C@H](C)NC(=O)[C@H](Cc1c[nH]c2ccccc12)NC(=O)[C@H](CCC(N)=O)NC(=O)CCCCNC(=O)c1ccc([N+](C)(C)C)c(C#N)c1)C(C)C. The molecule has 7 atom stereocenters. The number of unbranched alkanes of at least 4 members (excludes halogenated alkanes) is 1. The first kappa shape index (κ1) is 70.3. The predicted molar refractivity (Wildman–Crippen MR) is 325 cm³/mol. The topological polar surface area (TPSA) is 416 Å². The van der Waals surface area contributed by atoms with Crippen LogP contribution < -0.4 is 63.8 Å². The van der Waals surface area contributed by atoms with E-state index in [0.29, 0.717) is 52.6 Å². The van der Waals surface area contributed by atoms with Gasteiger partial charge in [0.2, 0.25) is 59.1 Å². The molecule has 2 aromatic heterocycles. The van der Waals surface area contributed by atoms with Gasteiger partial charge in [-0.05, 0) is 81.0 Å². The molecule has 0 saturated heterocycles. The summed E-state index contributed by atoms with van der Waals surface area (Å²) in [5.74, 6) is -7.72. The van der Waals surface area contributed by atoms with Crippen LogP contribution in [0.15, 0.2) is 61.2 Å². The molecule has 0 spiro atoms. The molecule has 15 N–H and O–H groups in total. The van der Waals surface area contributed by atoms with E-state index in [0.717, 1.165) is 16.6 Å².